The third-order valence-electron chi connectivity index (χ3n) is 9.05. The summed E-state index contributed by atoms with van der Waals surface area (Å²) in [6.45, 7) is 13.1. The van der Waals surface area contributed by atoms with E-state index in [4.69, 9.17) is 9.31 Å². The molecule has 1 saturated heterocycles. The number of hydrogen-bond acceptors (Lipinski definition) is 2. The molecule has 0 amide bonds. The number of nitrogens with zero attached hydrogens (tertiary/aromatic N) is 1. The van der Waals surface area contributed by atoms with Crippen LogP contribution in [0, 0.1) is 0 Å². The molecular formula is C33H32BNO2. The summed E-state index contributed by atoms with van der Waals surface area (Å²) in [5, 5.41) is 2.45. The molecule has 0 bridgehead atoms. The second kappa shape index (κ2) is 7.37. The van der Waals surface area contributed by atoms with Gasteiger partial charge in [0, 0.05) is 21.9 Å². The minimum atomic E-state index is -0.379. The minimum absolute atomic E-state index is 0.00299. The molecule has 0 N–H and O–H groups in total. The van der Waals surface area contributed by atoms with Gasteiger partial charge in [-0.15, -0.1) is 0 Å². The van der Waals surface area contributed by atoms with E-state index in [1.165, 1.54) is 49.7 Å². The van der Waals surface area contributed by atoms with E-state index < -0.39 is 0 Å². The van der Waals surface area contributed by atoms with Crippen molar-refractivity contribution in [2.75, 3.05) is 0 Å². The first-order valence-corrected chi connectivity index (χ1v) is 13.2. The van der Waals surface area contributed by atoms with E-state index >= 15 is 0 Å². The average Bonchev–Trinajstić information content (AvgIpc) is 3.41. The first kappa shape index (κ1) is 22.8. The molecule has 0 spiro atoms. The monoisotopic (exact) mass is 485 g/mol. The number of fused-ring (bicyclic) bond motifs is 6. The van der Waals surface area contributed by atoms with Crippen molar-refractivity contribution in [1.29, 1.82) is 0 Å². The Bertz CT molecular complexity index is 1710. The lowest BCUT2D eigenvalue weighted by Crippen LogP contribution is -2.41. The van der Waals surface area contributed by atoms with Crippen LogP contribution in [0.5, 0.6) is 0 Å². The second-order valence-electron chi connectivity index (χ2n) is 12.1. The summed E-state index contributed by atoms with van der Waals surface area (Å²) in [6, 6.07) is 31.1. The Morgan fingerprint density at radius 1 is 0.595 bits per heavy atom. The van der Waals surface area contributed by atoms with Gasteiger partial charge in [0.05, 0.1) is 22.2 Å². The third kappa shape index (κ3) is 3.09. The van der Waals surface area contributed by atoms with Crippen molar-refractivity contribution in [2.45, 2.75) is 58.2 Å². The van der Waals surface area contributed by atoms with E-state index in [1.54, 1.807) is 0 Å². The van der Waals surface area contributed by atoms with E-state index in [0.717, 1.165) is 5.46 Å². The minimum Gasteiger partial charge on any atom is -0.399 e. The Balaban J connectivity index is 1.42. The molecule has 0 saturated carbocycles. The van der Waals surface area contributed by atoms with Crippen molar-refractivity contribution in [1.82, 2.24) is 4.57 Å². The fourth-order valence-corrected chi connectivity index (χ4v) is 6.24. The number of benzene rings is 4. The maximum Gasteiger partial charge on any atom is 0.494 e. The van der Waals surface area contributed by atoms with Gasteiger partial charge < -0.3 is 13.9 Å². The molecule has 1 aromatic heterocycles. The summed E-state index contributed by atoms with van der Waals surface area (Å²) in [5.41, 5.74) is 9.36. The van der Waals surface area contributed by atoms with Crippen LogP contribution in [0.25, 0.3) is 38.6 Å². The van der Waals surface area contributed by atoms with Crippen molar-refractivity contribution in [3.8, 4) is 16.8 Å². The largest absolute Gasteiger partial charge is 0.494 e. The summed E-state index contributed by atoms with van der Waals surface area (Å²) < 4.78 is 15.1. The smallest absolute Gasteiger partial charge is 0.399 e. The zero-order valence-corrected chi connectivity index (χ0v) is 22.4. The zero-order chi connectivity index (χ0) is 25.7. The van der Waals surface area contributed by atoms with Gasteiger partial charge in [-0.05, 0) is 79.7 Å². The van der Waals surface area contributed by atoms with Crippen LogP contribution in [0.1, 0.15) is 52.7 Å². The van der Waals surface area contributed by atoms with Crippen molar-refractivity contribution in [3.63, 3.8) is 0 Å². The molecule has 1 aliphatic heterocycles. The molecule has 37 heavy (non-hydrogen) atoms. The lowest BCUT2D eigenvalue weighted by Gasteiger charge is -2.32. The Labute approximate surface area is 219 Å². The predicted octanol–water partition coefficient (Wildman–Crippen LogP) is 7.39. The highest BCUT2D eigenvalue weighted by molar-refractivity contribution is 6.62. The highest BCUT2D eigenvalue weighted by atomic mass is 16.7. The van der Waals surface area contributed by atoms with Crippen LogP contribution in [-0.2, 0) is 14.7 Å². The summed E-state index contributed by atoms with van der Waals surface area (Å²) in [4.78, 5) is 0. The molecular weight excluding hydrogens is 453 g/mol. The Hall–Kier alpha value is -3.34. The molecule has 2 aliphatic rings. The van der Waals surface area contributed by atoms with E-state index in [0.29, 0.717) is 0 Å². The van der Waals surface area contributed by atoms with Crippen molar-refractivity contribution in [3.05, 3.63) is 96.1 Å². The van der Waals surface area contributed by atoms with Crippen LogP contribution in [0.4, 0.5) is 0 Å². The van der Waals surface area contributed by atoms with Gasteiger partial charge in [0.15, 0.2) is 0 Å². The standard InChI is InChI=1S/C33H32BNO2/c1-31(2)27-13-9-7-11-23(27)25-20-22(16-17-28(25)31)35-29-14-10-8-12-24(29)26-19-21(15-18-30(26)35)34-36-32(3,4)33(5,6)37-34/h7-20H,1-6H3. The summed E-state index contributed by atoms with van der Waals surface area (Å²) in [5.74, 6) is 0. The van der Waals surface area contributed by atoms with Crippen molar-refractivity contribution < 1.29 is 9.31 Å². The molecule has 0 radical (unpaired) electrons. The molecule has 1 aliphatic carbocycles. The number of rotatable bonds is 2. The van der Waals surface area contributed by atoms with E-state index in [-0.39, 0.29) is 23.7 Å². The van der Waals surface area contributed by atoms with Gasteiger partial charge in [0.25, 0.3) is 0 Å². The fraction of sp³-hybridized carbons (Fsp3) is 0.273. The topological polar surface area (TPSA) is 23.4 Å². The van der Waals surface area contributed by atoms with Gasteiger partial charge in [-0.2, -0.15) is 0 Å². The Morgan fingerprint density at radius 2 is 1.24 bits per heavy atom. The first-order chi connectivity index (χ1) is 17.6. The summed E-state index contributed by atoms with van der Waals surface area (Å²) in [6.07, 6.45) is 0. The summed E-state index contributed by atoms with van der Waals surface area (Å²) >= 11 is 0. The molecule has 1 fully saturated rings. The van der Waals surface area contributed by atoms with Crippen LogP contribution in [0.15, 0.2) is 84.9 Å². The third-order valence-corrected chi connectivity index (χ3v) is 9.05. The van der Waals surface area contributed by atoms with Crippen LogP contribution in [-0.4, -0.2) is 22.9 Å². The molecule has 5 aromatic rings. The van der Waals surface area contributed by atoms with Gasteiger partial charge in [-0.25, -0.2) is 0 Å². The predicted molar refractivity (Wildman–Crippen MR) is 154 cm³/mol. The fourth-order valence-electron chi connectivity index (χ4n) is 6.24. The van der Waals surface area contributed by atoms with E-state index in [9.17, 15) is 0 Å². The van der Waals surface area contributed by atoms with Crippen LogP contribution >= 0.6 is 0 Å². The molecule has 2 heterocycles. The molecule has 7 rings (SSSR count). The lowest BCUT2D eigenvalue weighted by atomic mass is 9.78. The van der Waals surface area contributed by atoms with Crippen LogP contribution < -0.4 is 5.46 Å². The molecule has 0 unspecified atom stereocenters. The van der Waals surface area contributed by atoms with Gasteiger partial charge in [0.1, 0.15) is 0 Å². The number of aromatic nitrogens is 1. The maximum absolute atomic E-state index is 6.38. The van der Waals surface area contributed by atoms with Gasteiger partial charge in [-0.3, -0.25) is 0 Å². The highest BCUT2D eigenvalue weighted by Crippen LogP contribution is 2.49. The first-order valence-electron chi connectivity index (χ1n) is 13.2. The number of para-hydroxylation sites is 1. The second-order valence-corrected chi connectivity index (χ2v) is 12.1. The van der Waals surface area contributed by atoms with Crippen molar-refractivity contribution in [2.24, 2.45) is 0 Å². The molecule has 4 aromatic carbocycles. The normalized spacial score (nSPS) is 18.9. The maximum atomic E-state index is 6.38. The van der Waals surface area contributed by atoms with Gasteiger partial charge in [0.2, 0.25) is 0 Å². The molecule has 0 atom stereocenters. The Kier molecular flexibility index (Phi) is 4.55. The van der Waals surface area contributed by atoms with E-state index in [1.807, 2.05) is 0 Å². The van der Waals surface area contributed by atoms with Crippen molar-refractivity contribution >= 4 is 34.4 Å². The SMILES string of the molecule is CC1(C)c2ccccc2-c2cc(-n3c4ccccc4c4cc(B5OC(C)(C)C(C)(C)O5)ccc43)ccc21. The van der Waals surface area contributed by atoms with Gasteiger partial charge >= 0.3 is 7.12 Å². The average molecular weight is 485 g/mol. The molecule has 184 valence electrons. The lowest BCUT2D eigenvalue weighted by molar-refractivity contribution is 0.00578. The highest BCUT2D eigenvalue weighted by Gasteiger charge is 2.51. The molecule has 4 heteroatoms. The van der Waals surface area contributed by atoms with Gasteiger partial charge in [-0.1, -0.05) is 74.5 Å². The number of hydrogen-bond donors (Lipinski definition) is 0. The zero-order valence-electron chi connectivity index (χ0n) is 22.4. The van der Waals surface area contributed by atoms with Crippen LogP contribution in [0.2, 0.25) is 0 Å². The Morgan fingerprint density at radius 3 is 2.03 bits per heavy atom. The van der Waals surface area contributed by atoms with Crippen LogP contribution in [0.3, 0.4) is 0 Å². The quantitative estimate of drug-likeness (QED) is 0.244. The summed E-state index contributed by atoms with van der Waals surface area (Å²) in [7, 11) is -0.379. The van der Waals surface area contributed by atoms with E-state index in [2.05, 4.69) is 131 Å². The molecule has 3 nitrogen and oxygen atoms in total.